The number of pyridine rings is 1. The van der Waals surface area contributed by atoms with E-state index in [1.807, 2.05) is 16.9 Å². The Morgan fingerprint density at radius 3 is 2.95 bits per heavy atom. The smallest absolute Gasteiger partial charge is 0.269 e. The molecule has 5 heteroatoms. The van der Waals surface area contributed by atoms with Crippen molar-refractivity contribution in [3.8, 4) is 0 Å². The van der Waals surface area contributed by atoms with Gasteiger partial charge in [0.15, 0.2) is 0 Å². The Bertz CT molecular complexity index is 780. The van der Waals surface area contributed by atoms with Crippen LogP contribution in [0.15, 0.2) is 48.8 Å². The number of hydrogen-bond acceptors (Lipinski definition) is 3. The Morgan fingerprint density at radius 2 is 2.14 bits per heavy atom. The Kier molecular flexibility index (Phi) is 4.14. The number of aryl methyl sites for hydroxylation is 2. The van der Waals surface area contributed by atoms with Crippen molar-refractivity contribution in [2.24, 2.45) is 0 Å². The first-order valence-electron chi connectivity index (χ1n) is 7.36. The largest absolute Gasteiger partial charge is 0.351 e. The molecule has 0 bridgehead atoms. The molecule has 5 nitrogen and oxygen atoms in total. The quantitative estimate of drug-likeness (QED) is 0.736. The fourth-order valence-electron chi connectivity index (χ4n) is 2.44. The lowest BCUT2D eigenvalue weighted by atomic mass is 10.1. The summed E-state index contributed by atoms with van der Waals surface area (Å²) in [5.41, 5.74) is 2.81. The Hall–Kier alpha value is -2.69. The number of fused-ring (bicyclic) bond motifs is 1. The van der Waals surface area contributed by atoms with E-state index in [2.05, 4.69) is 34.5 Å². The van der Waals surface area contributed by atoms with Crippen molar-refractivity contribution >= 4 is 16.8 Å². The fraction of sp³-hybridized carbons (Fsp3) is 0.235. The van der Waals surface area contributed by atoms with E-state index in [-0.39, 0.29) is 5.91 Å². The second kappa shape index (κ2) is 6.39. The molecule has 0 unspecified atom stereocenters. The normalized spacial score (nSPS) is 10.8. The molecule has 2 heterocycles. The van der Waals surface area contributed by atoms with Gasteiger partial charge in [0.05, 0.1) is 11.7 Å². The van der Waals surface area contributed by atoms with Crippen molar-refractivity contribution in [1.29, 1.82) is 0 Å². The molecule has 1 amide bonds. The molecule has 112 valence electrons. The van der Waals surface area contributed by atoms with E-state index < -0.39 is 0 Å². The molecule has 3 rings (SSSR count). The van der Waals surface area contributed by atoms with Crippen LogP contribution in [0.5, 0.6) is 0 Å². The van der Waals surface area contributed by atoms with Gasteiger partial charge in [0.1, 0.15) is 5.69 Å². The van der Waals surface area contributed by atoms with Gasteiger partial charge in [-0.3, -0.25) is 14.5 Å². The predicted octanol–water partition coefficient (Wildman–Crippen LogP) is 2.56. The topological polar surface area (TPSA) is 59.8 Å². The summed E-state index contributed by atoms with van der Waals surface area (Å²) in [6.07, 6.45) is 4.34. The van der Waals surface area contributed by atoms with Gasteiger partial charge in [-0.1, -0.05) is 18.2 Å². The zero-order chi connectivity index (χ0) is 15.4. The monoisotopic (exact) mass is 294 g/mol. The maximum Gasteiger partial charge on any atom is 0.269 e. The highest BCUT2D eigenvalue weighted by molar-refractivity contribution is 5.92. The second-order valence-corrected chi connectivity index (χ2v) is 5.20. The molecule has 0 atom stereocenters. The van der Waals surface area contributed by atoms with Gasteiger partial charge < -0.3 is 5.32 Å². The van der Waals surface area contributed by atoms with Crippen molar-refractivity contribution in [3.05, 3.63) is 60.0 Å². The summed E-state index contributed by atoms with van der Waals surface area (Å²) in [6, 6.07) is 11.5. The molecule has 0 spiro atoms. The van der Waals surface area contributed by atoms with E-state index in [4.69, 9.17) is 0 Å². The van der Waals surface area contributed by atoms with Crippen LogP contribution in [0.4, 0.5) is 0 Å². The minimum Gasteiger partial charge on any atom is -0.351 e. The summed E-state index contributed by atoms with van der Waals surface area (Å²) in [5, 5.41) is 8.48. The fourth-order valence-corrected chi connectivity index (χ4v) is 2.44. The standard InChI is InChI=1S/C17H18N4O/c1-13-6-4-8-16-14(13)12-20-21(16)11-5-10-19-17(22)15-7-2-3-9-18-15/h2-4,6-9,12H,5,10-11H2,1H3,(H,19,22). The number of aromatic nitrogens is 3. The van der Waals surface area contributed by atoms with Crippen LogP contribution in [0.25, 0.3) is 10.9 Å². The molecule has 1 aromatic carbocycles. The SMILES string of the molecule is Cc1cccc2c1cnn2CCCNC(=O)c1ccccn1. The van der Waals surface area contributed by atoms with Gasteiger partial charge in [-0.15, -0.1) is 0 Å². The number of rotatable bonds is 5. The van der Waals surface area contributed by atoms with Gasteiger partial charge in [0, 0.05) is 24.7 Å². The van der Waals surface area contributed by atoms with E-state index in [9.17, 15) is 4.79 Å². The number of hydrogen-bond donors (Lipinski definition) is 1. The number of carbonyl (C=O) groups is 1. The number of nitrogens with zero attached hydrogens (tertiary/aromatic N) is 3. The Balaban J connectivity index is 1.55. The van der Waals surface area contributed by atoms with Gasteiger partial charge in [-0.25, -0.2) is 0 Å². The van der Waals surface area contributed by atoms with Crippen molar-refractivity contribution in [1.82, 2.24) is 20.1 Å². The van der Waals surface area contributed by atoms with E-state index in [0.29, 0.717) is 12.2 Å². The maximum atomic E-state index is 11.9. The molecular weight excluding hydrogens is 276 g/mol. The van der Waals surface area contributed by atoms with Crippen LogP contribution in [0.3, 0.4) is 0 Å². The van der Waals surface area contributed by atoms with Crippen molar-refractivity contribution in [2.75, 3.05) is 6.54 Å². The first-order chi connectivity index (χ1) is 10.8. The number of nitrogens with one attached hydrogen (secondary N) is 1. The molecule has 0 saturated carbocycles. The number of amides is 1. The highest BCUT2D eigenvalue weighted by Gasteiger charge is 2.06. The third-order valence-corrected chi connectivity index (χ3v) is 3.64. The molecule has 0 radical (unpaired) electrons. The van der Waals surface area contributed by atoms with Crippen LogP contribution in [-0.4, -0.2) is 27.2 Å². The molecule has 0 aliphatic heterocycles. The summed E-state index contributed by atoms with van der Waals surface area (Å²) in [6.45, 7) is 3.46. The van der Waals surface area contributed by atoms with Gasteiger partial charge in [0.2, 0.25) is 0 Å². The summed E-state index contributed by atoms with van der Waals surface area (Å²) in [5.74, 6) is -0.137. The van der Waals surface area contributed by atoms with Gasteiger partial charge in [-0.05, 0) is 37.1 Å². The predicted molar refractivity (Wildman–Crippen MR) is 85.7 cm³/mol. The first-order valence-corrected chi connectivity index (χ1v) is 7.36. The van der Waals surface area contributed by atoms with Crippen molar-refractivity contribution in [2.45, 2.75) is 19.9 Å². The molecule has 1 N–H and O–H groups in total. The minimum atomic E-state index is -0.137. The van der Waals surface area contributed by atoms with E-state index in [1.54, 1.807) is 24.4 Å². The van der Waals surface area contributed by atoms with Crippen LogP contribution < -0.4 is 5.32 Å². The second-order valence-electron chi connectivity index (χ2n) is 5.20. The zero-order valence-corrected chi connectivity index (χ0v) is 12.5. The molecular formula is C17H18N4O. The van der Waals surface area contributed by atoms with Crippen LogP contribution in [-0.2, 0) is 6.54 Å². The van der Waals surface area contributed by atoms with Crippen LogP contribution in [0.1, 0.15) is 22.5 Å². The lowest BCUT2D eigenvalue weighted by Gasteiger charge is -2.06. The lowest BCUT2D eigenvalue weighted by Crippen LogP contribution is -2.26. The molecule has 0 aliphatic carbocycles. The molecule has 22 heavy (non-hydrogen) atoms. The molecule has 0 saturated heterocycles. The van der Waals surface area contributed by atoms with Crippen molar-refractivity contribution < 1.29 is 4.79 Å². The number of benzene rings is 1. The summed E-state index contributed by atoms with van der Waals surface area (Å²) >= 11 is 0. The van der Waals surface area contributed by atoms with Crippen molar-refractivity contribution in [3.63, 3.8) is 0 Å². The third-order valence-electron chi connectivity index (χ3n) is 3.64. The Morgan fingerprint density at radius 1 is 1.23 bits per heavy atom. The molecule has 3 aromatic rings. The van der Waals surface area contributed by atoms with Gasteiger partial charge >= 0.3 is 0 Å². The average molecular weight is 294 g/mol. The van der Waals surface area contributed by atoms with Gasteiger partial charge in [0.25, 0.3) is 5.91 Å². The van der Waals surface area contributed by atoms with Crippen LogP contribution >= 0.6 is 0 Å². The first kappa shape index (κ1) is 14.3. The molecule has 2 aromatic heterocycles. The Labute approximate surface area is 129 Å². The number of carbonyl (C=O) groups excluding carboxylic acids is 1. The molecule has 0 aliphatic rings. The highest BCUT2D eigenvalue weighted by Crippen LogP contribution is 2.17. The summed E-state index contributed by atoms with van der Waals surface area (Å²) < 4.78 is 1.98. The maximum absolute atomic E-state index is 11.9. The highest BCUT2D eigenvalue weighted by atomic mass is 16.1. The molecule has 0 fully saturated rings. The summed E-state index contributed by atoms with van der Waals surface area (Å²) in [4.78, 5) is 15.9. The van der Waals surface area contributed by atoms with Crippen LogP contribution in [0, 0.1) is 6.92 Å². The summed E-state index contributed by atoms with van der Waals surface area (Å²) in [7, 11) is 0. The zero-order valence-electron chi connectivity index (χ0n) is 12.5. The minimum absolute atomic E-state index is 0.137. The van der Waals surface area contributed by atoms with Gasteiger partial charge in [-0.2, -0.15) is 5.10 Å². The third kappa shape index (κ3) is 2.98. The van der Waals surface area contributed by atoms with E-state index in [0.717, 1.165) is 18.5 Å². The van der Waals surface area contributed by atoms with Crippen LogP contribution in [0.2, 0.25) is 0 Å². The average Bonchev–Trinajstić information content (AvgIpc) is 2.97. The lowest BCUT2D eigenvalue weighted by molar-refractivity contribution is 0.0947. The van der Waals surface area contributed by atoms with E-state index >= 15 is 0 Å². The van der Waals surface area contributed by atoms with E-state index in [1.165, 1.54) is 10.9 Å².